The molecule has 15 heavy (non-hydrogen) atoms. The normalized spacial score (nSPS) is 9.33. The third-order valence-corrected chi connectivity index (χ3v) is 5.54. The van der Waals surface area contributed by atoms with E-state index in [1.807, 2.05) is 36.4 Å². The van der Waals surface area contributed by atoms with E-state index in [9.17, 15) is 0 Å². The average Bonchev–Trinajstić information content (AvgIpc) is 2.33. The smallest absolute Gasteiger partial charge is 0.0470 e. The Morgan fingerprint density at radius 3 is 1.67 bits per heavy atom. The molecule has 0 saturated carbocycles. The number of hydrogen-bond acceptors (Lipinski definition) is 0. The van der Waals surface area contributed by atoms with Crippen LogP contribution in [0.3, 0.4) is 0 Å². The van der Waals surface area contributed by atoms with E-state index < -0.39 is 0 Å². The predicted molar refractivity (Wildman–Crippen MR) is 73.7 cm³/mol. The molecule has 0 nitrogen and oxygen atoms in total. The van der Waals surface area contributed by atoms with E-state index in [2.05, 4.69) is 27.4 Å². The predicted octanol–water partition coefficient (Wildman–Crippen LogP) is 4.87. The molecule has 0 bridgehead atoms. The molecule has 1 aromatic carbocycles. The van der Waals surface area contributed by atoms with Crippen molar-refractivity contribution in [2.24, 2.45) is 0 Å². The lowest BCUT2D eigenvalue weighted by Crippen LogP contribution is -2.04. The number of rotatable bonds is 4. The molecule has 0 aliphatic carbocycles. The summed E-state index contributed by atoms with van der Waals surface area (Å²) in [5, 5.41) is 0. The molecule has 83 valence electrons. The largest absolute Gasteiger partial charge is 0.0985 e. The van der Waals surface area contributed by atoms with Gasteiger partial charge in [0.05, 0.1) is 0 Å². The lowest BCUT2D eigenvalue weighted by molar-refractivity contribution is 1.24. The number of hydrogen-bond donors (Lipinski definition) is 0. The Morgan fingerprint density at radius 2 is 1.47 bits per heavy atom. The summed E-state index contributed by atoms with van der Waals surface area (Å²) < 4.78 is 0. The van der Waals surface area contributed by atoms with Gasteiger partial charge in [-0.2, -0.15) is 0 Å². The van der Waals surface area contributed by atoms with E-state index in [1.165, 1.54) is 23.7 Å². The first-order chi connectivity index (χ1) is 7.28. The van der Waals surface area contributed by atoms with Gasteiger partial charge in [0.15, 0.2) is 0 Å². The SMILES string of the molecule is C=Cc1ccccc1.CC[Si](CC)CC. The molecule has 0 aliphatic heterocycles. The third-order valence-electron chi connectivity index (χ3n) is 2.54. The van der Waals surface area contributed by atoms with Crippen molar-refractivity contribution in [2.45, 2.75) is 38.9 Å². The molecule has 0 aliphatic rings. The highest BCUT2D eigenvalue weighted by Crippen LogP contribution is 2.01. The Labute approximate surface area is 96.6 Å². The van der Waals surface area contributed by atoms with Gasteiger partial charge in [-0.15, -0.1) is 0 Å². The molecular formula is C14H23Si. The molecule has 0 amide bonds. The van der Waals surface area contributed by atoms with Crippen molar-refractivity contribution in [1.82, 2.24) is 0 Å². The van der Waals surface area contributed by atoms with Crippen LogP contribution in [0.2, 0.25) is 18.1 Å². The number of benzene rings is 1. The lowest BCUT2D eigenvalue weighted by atomic mass is 10.2. The van der Waals surface area contributed by atoms with Crippen LogP contribution < -0.4 is 0 Å². The molecule has 0 spiro atoms. The topological polar surface area (TPSA) is 0 Å². The molecule has 0 atom stereocenters. The zero-order chi connectivity index (χ0) is 11.5. The van der Waals surface area contributed by atoms with Crippen molar-refractivity contribution >= 4 is 14.9 Å². The van der Waals surface area contributed by atoms with E-state index in [-0.39, 0.29) is 8.80 Å². The summed E-state index contributed by atoms with van der Waals surface area (Å²) in [5.41, 5.74) is 1.17. The van der Waals surface area contributed by atoms with Crippen LogP contribution in [0, 0.1) is 0 Å². The van der Waals surface area contributed by atoms with Crippen LogP contribution in [-0.4, -0.2) is 8.80 Å². The van der Waals surface area contributed by atoms with Gasteiger partial charge in [0.1, 0.15) is 0 Å². The second kappa shape index (κ2) is 9.72. The molecule has 0 aromatic heterocycles. The van der Waals surface area contributed by atoms with Gasteiger partial charge in [0, 0.05) is 8.80 Å². The van der Waals surface area contributed by atoms with Crippen molar-refractivity contribution in [1.29, 1.82) is 0 Å². The molecular weight excluding hydrogens is 196 g/mol. The Kier molecular flexibility index (Phi) is 9.19. The van der Waals surface area contributed by atoms with Crippen LogP contribution >= 0.6 is 0 Å². The van der Waals surface area contributed by atoms with Crippen LogP contribution in [0.25, 0.3) is 6.08 Å². The molecule has 1 radical (unpaired) electrons. The third kappa shape index (κ3) is 7.15. The fraction of sp³-hybridized carbons (Fsp3) is 0.429. The van der Waals surface area contributed by atoms with E-state index in [0.717, 1.165) is 0 Å². The highest BCUT2D eigenvalue weighted by atomic mass is 28.3. The van der Waals surface area contributed by atoms with Crippen molar-refractivity contribution < 1.29 is 0 Å². The Hall–Kier alpha value is -0.823. The molecule has 0 N–H and O–H groups in total. The Balaban J connectivity index is 0.000000265. The first-order valence-electron chi connectivity index (χ1n) is 5.79. The van der Waals surface area contributed by atoms with Crippen LogP contribution in [0.1, 0.15) is 26.3 Å². The summed E-state index contributed by atoms with van der Waals surface area (Å²) in [6.45, 7) is 10.6. The van der Waals surface area contributed by atoms with Gasteiger partial charge >= 0.3 is 0 Å². The molecule has 1 aromatic rings. The van der Waals surface area contributed by atoms with E-state index >= 15 is 0 Å². The average molecular weight is 219 g/mol. The van der Waals surface area contributed by atoms with Gasteiger partial charge in [0.2, 0.25) is 0 Å². The van der Waals surface area contributed by atoms with E-state index in [4.69, 9.17) is 0 Å². The maximum absolute atomic E-state index is 3.63. The fourth-order valence-corrected chi connectivity index (χ4v) is 2.84. The lowest BCUT2D eigenvalue weighted by Gasteiger charge is -2.02. The van der Waals surface area contributed by atoms with Crippen molar-refractivity contribution in [3.8, 4) is 0 Å². The summed E-state index contributed by atoms with van der Waals surface area (Å²) in [6.07, 6.45) is 1.83. The highest BCUT2D eigenvalue weighted by Gasteiger charge is 1.98. The minimum atomic E-state index is 0.137. The second-order valence-corrected chi connectivity index (χ2v) is 7.05. The first-order valence-corrected chi connectivity index (χ1v) is 7.91. The molecule has 0 heterocycles. The highest BCUT2D eigenvalue weighted by molar-refractivity contribution is 6.58. The van der Waals surface area contributed by atoms with Crippen LogP contribution in [0.5, 0.6) is 0 Å². The second-order valence-electron chi connectivity index (χ2n) is 3.43. The van der Waals surface area contributed by atoms with Crippen molar-refractivity contribution in [3.63, 3.8) is 0 Å². The Bertz CT molecular complexity index is 231. The summed E-state index contributed by atoms with van der Waals surface area (Å²) in [5.74, 6) is 0. The zero-order valence-electron chi connectivity index (χ0n) is 10.3. The summed E-state index contributed by atoms with van der Waals surface area (Å²) in [7, 11) is 0.137. The molecule has 0 fully saturated rings. The van der Waals surface area contributed by atoms with Gasteiger partial charge in [-0.05, 0) is 5.56 Å². The summed E-state index contributed by atoms with van der Waals surface area (Å²) in [4.78, 5) is 0. The standard InChI is InChI=1S/C8H8.C6H15Si/c1-2-8-6-4-3-5-7-8;1-4-7(5-2)6-3/h2-7H,1H2;4-6H2,1-3H3. The van der Waals surface area contributed by atoms with Crippen molar-refractivity contribution in [3.05, 3.63) is 42.5 Å². The minimum Gasteiger partial charge on any atom is -0.0985 e. The van der Waals surface area contributed by atoms with Crippen LogP contribution in [0.4, 0.5) is 0 Å². The van der Waals surface area contributed by atoms with Crippen molar-refractivity contribution in [2.75, 3.05) is 0 Å². The van der Waals surface area contributed by atoms with Gasteiger partial charge in [-0.25, -0.2) is 0 Å². The van der Waals surface area contributed by atoms with Gasteiger partial charge in [0.25, 0.3) is 0 Å². The van der Waals surface area contributed by atoms with Crippen LogP contribution in [0.15, 0.2) is 36.9 Å². The quantitative estimate of drug-likeness (QED) is 0.634. The van der Waals surface area contributed by atoms with E-state index in [1.54, 1.807) is 0 Å². The van der Waals surface area contributed by atoms with E-state index in [0.29, 0.717) is 0 Å². The summed E-state index contributed by atoms with van der Waals surface area (Å²) in [6, 6.07) is 14.4. The van der Waals surface area contributed by atoms with Gasteiger partial charge in [-0.3, -0.25) is 0 Å². The molecule has 0 saturated heterocycles. The first kappa shape index (κ1) is 14.2. The molecule has 1 rings (SSSR count). The zero-order valence-corrected chi connectivity index (χ0v) is 11.3. The monoisotopic (exact) mass is 219 g/mol. The van der Waals surface area contributed by atoms with Crippen LogP contribution in [-0.2, 0) is 0 Å². The summed E-state index contributed by atoms with van der Waals surface area (Å²) >= 11 is 0. The minimum absolute atomic E-state index is 0.137. The van der Waals surface area contributed by atoms with Gasteiger partial charge < -0.3 is 0 Å². The molecule has 1 heteroatoms. The molecule has 0 unspecified atom stereocenters. The fourth-order valence-electron chi connectivity index (χ4n) is 1.34. The Morgan fingerprint density at radius 1 is 1.00 bits per heavy atom. The van der Waals surface area contributed by atoms with Gasteiger partial charge in [-0.1, -0.05) is 81.9 Å². The maximum atomic E-state index is 3.63. The maximum Gasteiger partial charge on any atom is 0.0470 e.